The smallest absolute Gasteiger partial charge is 0.303 e. The predicted octanol–water partition coefficient (Wildman–Crippen LogP) is -4.06. The van der Waals surface area contributed by atoms with Gasteiger partial charge in [-0.25, -0.2) is 0 Å². The van der Waals surface area contributed by atoms with E-state index in [1.807, 2.05) is 0 Å². The van der Waals surface area contributed by atoms with Crippen molar-refractivity contribution in [3.05, 3.63) is 0 Å². The zero-order chi connectivity index (χ0) is 20.0. The Balaban J connectivity index is -0.000000276. The van der Waals surface area contributed by atoms with Crippen molar-refractivity contribution in [2.24, 2.45) is 11.8 Å². The maximum Gasteiger partial charge on any atom is 0.303 e. The molecule has 0 aliphatic heterocycles. The van der Waals surface area contributed by atoms with Crippen LogP contribution in [-0.2, 0) is 19.2 Å². The van der Waals surface area contributed by atoms with Gasteiger partial charge in [-0.15, -0.1) is 0 Å². The van der Waals surface area contributed by atoms with E-state index in [-0.39, 0.29) is 24.7 Å². The normalized spacial score (nSPS) is 12.2. The van der Waals surface area contributed by atoms with Crippen LogP contribution in [-0.4, -0.2) is 46.2 Å². The fourth-order valence-corrected chi connectivity index (χ4v) is 0.758. The zero-order valence-corrected chi connectivity index (χ0v) is 14.5. The SMILES string of the molecule is CC(C)[C@@H]([NH3+])C(=O)[O-].CC(C)[C@H]([NH3+])C(=O)[O-].O=C(O)CCC(=O)O. The predicted molar refractivity (Wildman–Crippen MR) is 77.5 cm³/mol. The van der Waals surface area contributed by atoms with Crippen molar-refractivity contribution < 1.29 is 51.1 Å². The lowest BCUT2D eigenvalue weighted by Crippen LogP contribution is -2.70. The first kappa shape index (κ1) is 26.7. The summed E-state index contributed by atoms with van der Waals surface area (Å²) in [5.41, 5.74) is 6.75. The van der Waals surface area contributed by atoms with Crippen molar-refractivity contribution in [2.75, 3.05) is 0 Å². The molecular weight excluding hydrogens is 324 g/mol. The number of carbonyl (C=O) groups is 4. The molecule has 2 atom stereocenters. The molecule has 0 bridgehead atoms. The van der Waals surface area contributed by atoms with Crippen LogP contribution >= 0.6 is 0 Å². The Morgan fingerprint density at radius 2 is 0.958 bits per heavy atom. The van der Waals surface area contributed by atoms with Crippen LogP contribution in [0.4, 0.5) is 0 Å². The van der Waals surface area contributed by atoms with E-state index in [1.54, 1.807) is 27.7 Å². The van der Waals surface area contributed by atoms with E-state index >= 15 is 0 Å². The Kier molecular flexibility index (Phi) is 16.0. The molecule has 0 rings (SSSR count). The van der Waals surface area contributed by atoms with Crippen molar-refractivity contribution in [3.63, 3.8) is 0 Å². The third-order valence-electron chi connectivity index (χ3n) is 2.77. The number of aliphatic carboxylic acids is 4. The summed E-state index contributed by atoms with van der Waals surface area (Å²) in [6, 6.07) is -1.15. The lowest BCUT2D eigenvalue weighted by molar-refractivity contribution is -0.446. The van der Waals surface area contributed by atoms with Crippen LogP contribution in [0.15, 0.2) is 0 Å². The first-order chi connectivity index (χ1) is 10.7. The molecule has 10 heteroatoms. The molecular formula is C14H28N2O8. The molecule has 8 N–H and O–H groups in total. The molecule has 0 heterocycles. The first-order valence-corrected chi connectivity index (χ1v) is 7.25. The Hall–Kier alpha value is -2.20. The average molecular weight is 352 g/mol. The van der Waals surface area contributed by atoms with E-state index < -0.39 is 36.0 Å². The molecule has 24 heavy (non-hydrogen) atoms. The molecule has 0 saturated carbocycles. The van der Waals surface area contributed by atoms with Gasteiger partial charge in [0.05, 0.1) is 24.8 Å². The molecule has 0 aliphatic rings. The lowest BCUT2D eigenvalue weighted by atomic mass is 10.1. The number of quaternary nitrogens is 2. The van der Waals surface area contributed by atoms with Crippen molar-refractivity contribution in [1.29, 1.82) is 0 Å². The monoisotopic (exact) mass is 352 g/mol. The van der Waals surface area contributed by atoms with Gasteiger partial charge in [0.1, 0.15) is 12.1 Å². The lowest BCUT2D eigenvalue weighted by Gasteiger charge is -2.11. The van der Waals surface area contributed by atoms with Gasteiger partial charge in [0.15, 0.2) is 0 Å². The Labute approximate surface area is 140 Å². The molecule has 0 spiro atoms. The van der Waals surface area contributed by atoms with Gasteiger partial charge in [0.2, 0.25) is 0 Å². The van der Waals surface area contributed by atoms with Gasteiger partial charge in [0, 0.05) is 11.8 Å². The van der Waals surface area contributed by atoms with Crippen LogP contribution in [0, 0.1) is 11.8 Å². The quantitative estimate of drug-likeness (QED) is 0.353. The molecule has 0 aromatic rings. The van der Waals surface area contributed by atoms with Crippen LogP contribution in [0.2, 0.25) is 0 Å². The standard InChI is InChI=1S/2C5H11NO2.C4H6O4/c2*1-3(2)4(6)5(7)8;5-3(6)1-2-4(7)8/h2*3-4H,6H2,1-2H3,(H,7,8);1-2H2,(H,5,6)(H,7,8)/t2*4-;/m10./s1. The van der Waals surface area contributed by atoms with Gasteiger partial charge in [-0.2, -0.15) is 0 Å². The number of hydrogen-bond acceptors (Lipinski definition) is 6. The van der Waals surface area contributed by atoms with E-state index in [0.29, 0.717) is 0 Å². The summed E-state index contributed by atoms with van der Waals surface area (Å²) in [5, 5.41) is 35.7. The summed E-state index contributed by atoms with van der Waals surface area (Å²) in [7, 11) is 0. The summed E-state index contributed by atoms with van der Waals surface area (Å²) in [5.74, 6) is -4.15. The van der Waals surface area contributed by atoms with Crippen LogP contribution in [0.3, 0.4) is 0 Å². The molecule has 0 aromatic heterocycles. The maximum atomic E-state index is 9.97. The molecule has 142 valence electrons. The Morgan fingerprint density at radius 3 is 1.00 bits per heavy atom. The third kappa shape index (κ3) is 19.8. The summed E-state index contributed by atoms with van der Waals surface area (Å²) >= 11 is 0. The van der Waals surface area contributed by atoms with E-state index in [2.05, 4.69) is 11.5 Å². The molecule has 0 radical (unpaired) electrons. The summed E-state index contributed by atoms with van der Waals surface area (Å²) in [4.78, 5) is 39.2. The molecule has 10 nitrogen and oxygen atoms in total. The van der Waals surface area contributed by atoms with E-state index in [9.17, 15) is 29.4 Å². The van der Waals surface area contributed by atoms with Gasteiger partial charge >= 0.3 is 11.9 Å². The molecule has 0 saturated heterocycles. The Morgan fingerprint density at radius 1 is 0.750 bits per heavy atom. The highest BCUT2D eigenvalue weighted by Crippen LogP contribution is 1.93. The number of rotatable bonds is 7. The van der Waals surface area contributed by atoms with Crippen molar-refractivity contribution in [3.8, 4) is 0 Å². The van der Waals surface area contributed by atoms with E-state index in [4.69, 9.17) is 10.2 Å². The van der Waals surface area contributed by atoms with Gasteiger partial charge in [-0.05, 0) is 0 Å². The molecule has 0 aliphatic carbocycles. The second-order valence-corrected chi connectivity index (χ2v) is 5.63. The number of hydrogen-bond donors (Lipinski definition) is 4. The highest BCUT2D eigenvalue weighted by Gasteiger charge is 2.11. The highest BCUT2D eigenvalue weighted by atomic mass is 16.4. The first-order valence-electron chi connectivity index (χ1n) is 7.25. The van der Waals surface area contributed by atoms with Gasteiger partial charge in [-0.1, -0.05) is 27.7 Å². The van der Waals surface area contributed by atoms with Crippen molar-refractivity contribution in [1.82, 2.24) is 0 Å². The molecule has 0 aromatic carbocycles. The van der Waals surface area contributed by atoms with Crippen molar-refractivity contribution >= 4 is 23.9 Å². The Bertz CT molecular complexity index is 372. The third-order valence-corrected chi connectivity index (χ3v) is 2.77. The molecule has 0 amide bonds. The molecule has 0 unspecified atom stereocenters. The number of carboxylic acid groups (broad SMARTS) is 4. The van der Waals surface area contributed by atoms with Crippen LogP contribution in [0.1, 0.15) is 40.5 Å². The maximum absolute atomic E-state index is 9.97. The molecule has 0 fully saturated rings. The fourth-order valence-electron chi connectivity index (χ4n) is 0.758. The second kappa shape index (κ2) is 14.4. The van der Waals surface area contributed by atoms with Crippen LogP contribution in [0.25, 0.3) is 0 Å². The second-order valence-electron chi connectivity index (χ2n) is 5.63. The fraction of sp³-hybridized carbons (Fsp3) is 0.714. The summed E-state index contributed by atoms with van der Waals surface area (Å²) in [6.07, 6.45) is -0.593. The number of carbonyl (C=O) groups excluding carboxylic acids is 2. The van der Waals surface area contributed by atoms with E-state index in [0.717, 1.165) is 0 Å². The highest BCUT2D eigenvalue weighted by molar-refractivity contribution is 5.75. The summed E-state index contributed by atoms with van der Waals surface area (Å²) in [6.45, 7) is 7.20. The minimum absolute atomic E-state index is 0.0694. The van der Waals surface area contributed by atoms with Crippen molar-refractivity contribution in [2.45, 2.75) is 52.6 Å². The summed E-state index contributed by atoms with van der Waals surface area (Å²) < 4.78 is 0. The van der Waals surface area contributed by atoms with Gasteiger partial charge in [-0.3, -0.25) is 9.59 Å². The van der Waals surface area contributed by atoms with E-state index in [1.165, 1.54) is 0 Å². The van der Waals surface area contributed by atoms with Gasteiger partial charge < -0.3 is 41.5 Å². The van der Waals surface area contributed by atoms with Crippen LogP contribution in [0.5, 0.6) is 0 Å². The zero-order valence-electron chi connectivity index (χ0n) is 14.5. The largest absolute Gasteiger partial charge is 0.544 e. The average Bonchev–Trinajstić information content (AvgIpc) is 2.44. The topological polar surface area (TPSA) is 210 Å². The minimum Gasteiger partial charge on any atom is -0.544 e. The van der Waals surface area contributed by atoms with Crippen LogP contribution < -0.4 is 21.7 Å². The number of carboxylic acids is 4. The van der Waals surface area contributed by atoms with Gasteiger partial charge in [0.25, 0.3) is 0 Å². The minimum atomic E-state index is -1.08.